The van der Waals surface area contributed by atoms with Crippen LogP contribution in [0.5, 0.6) is 0 Å². The molecule has 1 aliphatic carbocycles. The minimum absolute atomic E-state index is 1.10. The van der Waals surface area contributed by atoms with Crippen molar-refractivity contribution in [3.8, 4) is 0 Å². The standard InChI is InChI=1S/C15H14.I2/c1-3-7-14-11-15-8-4-2-6-13(15)10-9-12(14)5-1;1-2/h1-8H,9-11H2;. The molecule has 0 aromatic heterocycles. The third-order valence-electron chi connectivity index (χ3n) is 3.28. The number of hydrogen-bond acceptors (Lipinski definition) is 0. The van der Waals surface area contributed by atoms with Crippen LogP contribution in [0.15, 0.2) is 48.5 Å². The molecule has 0 heterocycles. The summed E-state index contributed by atoms with van der Waals surface area (Å²) >= 11 is 4.24. The van der Waals surface area contributed by atoms with E-state index in [1.54, 1.807) is 0 Å². The molecule has 0 bridgehead atoms. The van der Waals surface area contributed by atoms with E-state index < -0.39 is 0 Å². The first-order valence-corrected chi connectivity index (χ1v) is 12.0. The zero-order valence-electron chi connectivity index (χ0n) is 9.50. The minimum Gasteiger partial charge on any atom is -0.0620 e. The quantitative estimate of drug-likeness (QED) is 0.490. The van der Waals surface area contributed by atoms with Crippen LogP contribution in [0.4, 0.5) is 0 Å². The van der Waals surface area contributed by atoms with Crippen LogP contribution in [0, 0.1) is 0 Å². The van der Waals surface area contributed by atoms with Crippen LogP contribution < -0.4 is 0 Å². The van der Waals surface area contributed by atoms with Gasteiger partial charge in [-0.3, -0.25) is 0 Å². The lowest BCUT2D eigenvalue weighted by molar-refractivity contribution is 0.965. The molecule has 0 fully saturated rings. The van der Waals surface area contributed by atoms with Crippen LogP contribution in [-0.2, 0) is 19.3 Å². The van der Waals surface area contributed by atoms with Gasteiger partial charge in [0.25, 0.3) is 0 Å². The number of rotatable bonds is 0. The van der Waals surface area contributed by atoms with Crippen molar-refractivity contribution in [2.24, 2.45) is 0 Å². The second-order valence-electron chi connectivity index (χ2n) is 4.21. The number of benzene rings is 2. The van der Waals surface area contributed by atoms with Crippen LogP contribution in [0.2, 0.25) is 0 Å². The van der Waals surface area contributed by atoms with Crippen molar-refractivity contribution in [3.63, 3.8) is 0 Å². The first-order chi connectivity index (χ1) is 8.43. The molecule has 2 heteroatoms. The molecule has 0 amide bonds. The Morgan fingerprint density at radius 1 is 0.588 bits per heavy atom. The first kappa shape index (κ1) is 13.3. The summed E-state index contributed by atoms with van der Waals surface area (Å²) in [4.78, 5) is 0. The lowest BCUT2D eigenvalue weighted by atomic mass is 10.0. The summed E-state index contributed by atoms with van der Waals surface area (Å²) in [5.74, 6) is 0. The average Bonchev–Trinajstić information content (AvgIpc) is 2.60. The van der Waals surface area contributed by atoms with Gasteiger partial charge in [0.15, 0.2) is 0 Å². The normalized spacial score (nSPS) is 12.6. The van der Waals surface area contributed by atoms with E-state index in [0.717, 1.165) is 6.42 Å². The van der Waals surface area contributed by atoms with Crippen LogP contribution in [-0.4, -0.2) is 0 Å². The third-order valence-corrected chi connectivity index (χ3v) is 3.28. The molecule has 2 aromatic rings. The van der Waals surface area contributed by atoms with E-state index in [2.05, 4.69) is 85.8 Å². The molecule has 0 N–H and O–H groups in total. The maximum atomic E-state index is 2.27. The van der Waals surface area contributed by atoms with Crippen molar-refractivity contribution in [1.82, 2.24) is 0 Å². The van der Waals surface area contributed by atoms with E-state index in [1.165, 1.54) is 35.1 Å². The highest BCUT2D eigenvalue weighted by Gasteiger charge is 2.11. The second-order valence-corrected chi connectivity index (χ2v) is 4.21. The van der Waals surface area contributed by atoms with E-state index in [0.29, 0.717) is 0 Å². The highest BCUT2D eigenvalue weighted by molar-refractivity contribution is 15.0. The highest BCUT2D eigenvalue weighted by Crippen LogP contribution is 2.23. The number of fused-ring (bicyclic) bond motifs is 2. The van der Waals surface area contributed by atoms with E-state index in [4.69, 9.17) is 0 Å². The van der Waals surface area contributed by atoms with Gasteiger partial charge in [-0.25, -0.2) is 0 Å². The summed E-state index contributed by atoms with van der Waals surface area (Å²) in [6, 6.07) is 17.6. The van der Waals surface area contributed by atoms with Gasteiger partial charge < -0.3 is 0 Å². The Morgan fingerprint density at radius 3 is 1.35 bits per heavy atom. The molecule has 0 saturated heterocycles. The summed E-state index contributed by atoms with van der Waals surface area (Å²) in [6.45, 7) is 0. The molecular weight excluding hydrogens is 434 g/mol. The fourth-order valence-corrected chi connectivity index (χ4v) is 2.42. The second kappa shape index (κ2) is 6.73. The first-order valence-electron chi connectivity index (χ1n) is 5.71. The van der Waals surface area contributed by atoms with Crippen molar-refractivity contribution < 1.29 is 0 Å². The molecule has 2 aromatic carbocycles. The summed E-state index contributed by atoms with van der Waals surface area (Å²) in [6.07, 6.45) is 3.48. The lowest BCUT2D eigenvalue weighted by Gasteiger charge is -2.04. The Kier molecular flexibility index (Phi) is 5.28. The Bertz CT molecular complexity index is 446. The minimum atomic E-state index is 1.10. The molecule has 0 unspecified atom stereocenters. The zero-order valence-corrected chi connectivity index (χ0v) is 13.8. The van der Waals surface area contributed by atoms with Gasteiger partial charge >= 0.3 is 0 Å². The van der Waals surface area contributed by atoms with Crippen molar-refractivity contribution in [2.75, 3.05) is 0 Å². The SMILES string of the molecule is II.c1ccc2c(c1)CCc1ccccc1C2. The molecule has 3 rings (SSSR count). The Balaban J connectivity index is 0.000000514. The topological polar surface area (TPSA) is 0 Å². The fourth-order valence-electron chi connectivity index (χ4n) is 2.42. The van der Waals surface area contributed by atoms with Crippen LogP contribution >= 0.6 is 37.2 Å². The molecule has 0 radical (unpaired) electrons. The zero-order chi connectivity index (χ0) is 12.1. The van der Waals surface area contributed by atoms with Crippen LogP contribution in [0.25, 0.3) is 0 Å². The summed E-state index contributed by atoms with van der Waals surface area (Å²) in [7, 11) is 0. The van der Waals surface area contributed by atoms with E-state index in [1.807, 2.05) is 0 Å². The number of hydrogen-bond donors (Lipinski definition) is 0. The fraction of sp³-hybridized carbons (Fsp3) is 0.200. The van der Waals surface area contributed by atoms with Crippen LogP contribution in [0.3, 0.4) is 0 Å². The van der Waals surface area contributed by atoms with Gasteiger partial charge in [0.1, 0.15) is 0 Å². The summed E-state index contributed by atoms with van der Waals surface area (Å²) < 4.78 is 0. The molecular formula is C15H14I2. The summed E-state index contributed by atoms with van der Waals surface area (Å²) in [5, 5.41) is 0. The molecule has 0 spiro atoms. The highest BCUT2D eigenvalue weighted by atomic mass is 128. The number of halogens is 2. The van der Waals surface area contributed by atoms with Gasteiger partial charge in [-0.05, 0) is 41.5 Å². The Labute approximate surface area is 126 Å². The molecule has 0 saturated carbocycles. The van der Waals surface area contributed by atoms with Gasteiger partial charge in [-0.1, -0.05) is 48.5 Å². The molecule has 88 valence electrons. The van der Waals surface area contributed by atoms with E-state index in [-0.39, 0.29) is 0 Å². The third kappa shape index (κ3) is 3.22. The van der Waals surface area contributed by atoms with Crippen molar-refractivity contribution in [1.29, 1.82) is 0 Å². The van der Waals surface area contributed by atoms with Gasteiger partial charge in [0.2, 0.25) is 0 Å². The molecule has 0 aliphatic heterocycles. The molecule has 17 heavy (non-hydrogen) atoms. The van der Waals surface area contributed by atoms with Crippen molar-refractivity contribution in [2.45, 2.75) is 19.3 Å². The largest absolute Gasteiger partial charge is 0.0620 e. The Morgan fingerprint density at radius 2 is 0.941 bits per heavy atom. The number of aryl methyl sites for hydroxylation is 2. The lowest BCUT2D eigenvalue weighted by Crippen LogP contribution is -1.90. The van der Waals surface area contributed by atoms with Gasteiger partial charge in [-0.2, -0.15) is 0 Å². The predicted molar refractivity (Wildman–Crippen MR) is 91.1 cm³/mol. The van der Waals surface area contributed by atoms with E-state index in [9.17, 15) is 0 Å². The maximum Gasteiger partial charge on any atom is 0 e. The van der Waals surface area contributed by atoms with Gasteiger partial charge in [-0.15, -0.1) is 0 Å². The van der Waals surface area contributed by atoms with Gasteiger partial charge in [0, 0.05) is 37.2 Å². The van der Waals surface area contributed by atoms with Crippen LogP contribution in [0.1, 0.15) is 22.3 Å². The predicted octanol–water partition coefficient (Wildman–Crippen LogP) is 5.15. The van der Waals surface area contributed by atoms with Crippen molar-refractivity contribution >= 4 is 37.2 Å². The molecule has 1 aliphatic rings. The maximum absolute atomic E-state index is 2.27. The van der Waals surface area contributed by atoms with E-state index >= 15 is 0 Å². The monoisotopic (exact) mass is 448 g/mol. The smallest absolute Gasteiger partial charge is 0 e. The average molecular weight is 448 g/mol. The molecule has 0 atom stereocenters. The Hall–Kier alpha value is -0.1000. The summed E-state index contributed by atoms with van der Waals surface area (Å²) in [5.41, 5.74) is 6.05. The van der Waals surface area contributed by atoms with Gasteiger partial charge in [0.05, 0.1) is 0 Å². The molecule has 0 nitrogen and oxygen atoms in total. The van der Waals surface area contributed by atoms with Crippen molar-refractivity contribution in [3.05, 3.63) is 70.8 Å².